The van der Waals surface area contributed by atoms with E-state index in [1.165, 1.54) is 19.0 Å². The lowest BCUT2D eigenvalue weighted by Crippen LogP contribution is -2.41. The van der Waals surface area contributed by atoms with Gasteiger partial charge < -0.3 is 9.42 Å². The van der Waals surface area contributed by atoms with Crippen molar-refractivity contribution >= 4 is 5.91 Å². The standard InChI is InChI=1S/C17H17N5O4/c1-20(16(24)14-9-15(23)22(3)17(25)21(14)2)10-11-8-13(19-26-11)12-6-4-5-7-18-12/h4-9H,10H2,1-3H3. The zero-order valence-electron chi connectivity index (χ0n) is 14.5. The number of carbonyl (C=O) groups is 1. The van der Waals surface area contributed by atoms with Crippen LogP contribution in [0.1, 0.15) is 16.2 Å². The molecule has 3 aromatic heterocycles. The Morgan fingerprint density at radius 2 is 1.92 bits per heavy atom. The van der Waals surface area contributed by atoms with Crippen molar-refractivity contribution in [2.75, 3.05) is 7.05 Å². The molecule has 0 saturated heterocycles. The van der Waals surface area contributed by atoms with Crippen molar-refractivity contribution in [1.29, 1.82) is 0 Å². The average Bonchev–Trinajstić information content (AvgIpc) is 3.11. The summed E-state index contributed by atoms with van der Waals surface area (Å²) in [5, 5.41) is 3.94. The van der Waals surface area contributed by atoms with E-state index >= 15 is 0 Å². The topological polar surface area (TPSA) is 103 Å². The third-order valence-corrected chi connectivity index (χ3v) is 3.97. The fraction of sp³-hybridized carbons (Fsp3) is 0.235. The van der Waals surface area contributed by atoms with Gasteiger partial charge in [-0.15, -0.1) is 0 Å². The third-order valence-electron chi connectivity index (χ3n) is 3.97. The van der Waals surface area contributed by atoms with Crippen molar-refractivity contribution in [3.8, 4) is 11.4 Å². The largest absolute Gasteiger partial charge is 0.359 e. The van der Waals surface area contributed by atoms with E-state index in [9.17, 15) is 14.4 Å². The summed E-state index contributed by atoms with van der Waals surface area (Å²) in [5.74, 6) is -0.0200. The molecule has 26 heavy (non-hydrogen) atoms. The molecular formula is C17H17N5O4. The number of aromatic nitrogens is 4. The van der Waals surface area contributed by atoms with Gasteiger partial charge in [-0.25, -0.2) is 4.79 Å². The van der Waals surface area contributed by atoms with Crippen LogP contribution in [0.15, 0.2) is 50.6 Å². The van der Waals surface area contributed by atoms with E-state index in [0.717, 1.165) is 15.2 Å². The Morgan fingerprint density at radius 1 is 1.15 bits per heavy atom. The van der Waals surface area contributed by atoms with Gasteiger partial charge in [0.25, 0.3) is 11.5 Å². The summed E-state index contributed by atoms with van der Waals surface area (Å²) in [6.07, 6.45) is 1.65. The van der Waals surface area contributed by atoms with Crippen molar-refractivity contribution in [2.24, 2.45) is 14.1 Å². The fourth-order valence-corrected chi connectivity index (χ4v) is 2.46. The van der Waals surface area contributed by atoms with Crippen molar-refractivity contribution in [3.63, 3.8) is 0 Å². The summed E-state index contributed by atoms with van der Waals surface area (Å²) in [7, 11) is 4.35. The Bertz CT molecular complexity index is 1060. The predicted octanol–water partition coefficient (Wildman–Crippen LogP) is 0.406. The maximum atomic E-state index is 12.6. The molecule has 3 rings (SSSR count). The molecule has 1 amide bonds. The molecule has 0 saturated carbocycles. The molecule has 0 unspecified atom stereocenters. The molecule has 9 nitrogen and oxygen atoms in total. The summed E-state index contributed by atoms with van der Waals surface area (Å²) >= 11 is 0. The highest BCUT2D eigenvalue weighted by molar-refractivity contribution is 5.92. The van der Waals surface area contributed by atoms with Gasteiger partial charge in [0.05, 0.1) is 12.2 Å². The van der Waals surface area contributed by atoms with Gasteiger partial charge in [-0.3, -0.25) is 23.7 Å². The Kier molecular flexibility index (Phi) is 4.53. The highest BCUT2D eigenvalue weighted by Crippen LogP contribution is 2.17. The summed E-state index contributed by atoms with van der Waals surface area (Å²) in [5.41, 5.74) is 0.117. The monoisotopic (exact) mass is 355 g/mol. The quantitative estimate of drug-likeness (QED) is 0.671. The smallest absolute Gasteiger partial charge is 0.331 e. The Balaban J connectivity index is 1.82. The van der Waals surface area contributed by atoms with Crippen LogP contribution < -0.4 is 11.2 Å². The summed E-state index contributed by atoms with van der Waals surface area (Å²) in [6.45, 7) is 0.127. The highest BCUT2D eigenvalue weighted by Gasteiger charge is 2.19. The van der Waals surface area contributed by atoms with Crippen LogP contribution in [0, 0.1) is 0 Å². The van der Waals surface area contributed by atoms with Crippen LogP contribution in [0.4, 0.5) is 0 Å². The zero-order valence-corrected chi connectivity index (χ0v) is 14.5. The van der Waals surface area contributed by atoms with Gasteiger partial charge in [0, 0.05) is 39.5 Å². The highest BCUT2D eigenvalue weighted by atomic mass is 16.5. The first-order valence-electron chi connectivity index (χ1n) is 7.78. The van der Waals surface area contributed by atoms with Crippen molar-refractivity contribution in [1.82, 2.24) is 24.2 Å². The Labute approximate surface area is 148 Å². The van der Waals surface area contributed by atoms with Crippen LogP contribution in [-0.2, 0) is 20.6 Å². The van der Waals surface area contributed by atoms with Gasteiger partial charge in [0.15, 0.2) is 5.76 Å². The van der Waals surface area contributed by atoms with E-state index in [2.05, 4.69) is 10.1 Å². The molecule has 0 aliphatic heterocycles. The third kappa shape index (κ3) is 3.18. The minimum Gasteiger partial charge on any atom is -0.359 e. The summed E-state index contributed by atoms with van der Waals surface area (Å²) in [6, 6.07) is 8.26. The van der Waals surface area contributed by atoms with E-state index in [1.807, 2.05) is 6.07 Å². The Hall–Kier alpha value is -3.49. The number of nitrogens with zero attached hydrogens (tertiary/aromatic N) is 5. The second-order valence-electron chi connectivity index (χ2n) is 5.82. The molecular weight excluding hydrogens is 338 g/mol. The lowest BCUT2D eigenvalue weighted by atomic mass is 10.2. The first-order chi connectivity index (χ1) is 12.4. The van der Waals surface area contributed by atoms with Gasteiger partial charge in [0.1, 0.15) is 11.4 Å². The first kappa shape index (κ1) is 17.3. The number of pyridine rings is 1. The minimum atomic E-state index is -0.564. The summed E-state index contributed by atoms with van der Waals surface area (Å²) in [4.78, 5) is 41.9. The van der Waals surface area contributed by atoms with Crippen molar-refractivity contribution in [2.45, 2.75) is 6.54 Å². The molecule has 0 aromatic carbocycles. The first-order valence-corrected chi connectivity index (χ1v) is 7.78. The molecule has 0 N–H and O–H groups in total. The molecule has 0 spiro atoms. The van der Waals surface area contributed by atoms with Crippen molar-refractivity contribution in [3.05, 3.63) is 68.8 Å². The molecule has 3 aromatic rings. The Morgan fingerprint density at radius 3 is 2.62 bits per heavy atom. The maximum absolute atomic E-state index is 12.6. The number of amides is 1. The van der Waals surface area contributed by atoms with Gasteiger partial charge in [0.2, 0.25) is 0 Å². The SMILES string of the molecule is CN(Cc1cc(-c2ccccn2)no1)C(=O)c1cc(=O)n(C)c(=O)n1C. The van der Waals surface area contributed by atoms with Crippen LogP contribution in [-0.4, -0.2) is 37.1 Å². The molecule has 0 fully saturated rings. The molecule has 0 aliphatic rings. The van der Waals surface area contributed by atoms with Crippen molar-refractivity contribution < 1.29 is 9.32 Å². The lowest BCUT2D eigenvalue weighted by Gasteiger charge is -2.17. The molecule has 3 heterocycles. The van der Waals surface area contributed by atoms with E-state index in [-0.39, 0.29) is 12.2 Å². The molecule has 134 valence electrons. The number of rotatable bonds is 4. The van der Waals surface area contributed by atoms with Gasteiger partial charge >= 0.3 is 5.69 Å². The molecule has 9 heteroatoms. The van der Waals surface area contributed by atoms with E-state index in [0.29, 0.717) is 17.1 Å². The van der Waals surface area contributed by atoms with E-state index in [4.69, 9.17) is 4.52 Å². The van der Waals surface area contributed by atoms with Gasteiger partial charge in [-0.05, 0) is 12.1 Å². The lowest BCUT2D eigenvalue weighted by molar-refractivity contribution is 0.0760. The van der Waals surface area contributed by atoms with E-state index in [1.54, 1.807) is 31.4 Å². The van der Waals surface area contributed by atoms with Gasteiger partial charge in [-0.2, -0.15) is 0 Å². The predicted molar refractivity (Wildman–Crippen MR) is 92.5 cm³/mol. The second-order valence-corrected chi connectivity index (χ2v) is 5.82. The molecule has 0 radical (unpaired) electrons. The average molecular weight is 355 g/mol. The van der Waals surface area contributed by atoms with Crippen LogP contribution in [0.2, 0.25) is 0 Å². The fourth-order valence-electron chi connectivity index (χ4n) is 2.46. The molecule has 0 aliphatic carbocycles. The summed E-state index contributed by atoms with van der Waals surface area (Å²) < 4.78 is 7.33. The molecule has 0 atom stereocenters. The zero-order chi connectivity index (χ0) is 18.8. The van der Waals surface area contributed by atoms with Crippen LogP contribution in [0.25, 0.3) is 11.4 Å². The van der Waals surface area contributed by atoms with Gasteiger partial charge in [-0.1, -0.05) is 11.2 Å². The minimum absolute atomic E-state index is 0.00469. The van der Waals surface area contributed by atoms with Crippen LogP contribution in [0.3, 0.4) is 0 Å². The molecule has 0 bridgehead atoms. The van der Waals surface area contributed by atoms with E-state index < -0.39 is 17.2 Å². The van der Waals surface area contributed by atoms with Crippen LogP contribution >= 0.6 is 0 Å². The number of carbonyl (C=O) groups excluding carboxylic acids is 1. The second kappa shape index (κ2) is 6.79. The normalized spacial score (nSPS) is 10.7. The maximum Gasteiger partial charge on any atom is 0.331 e. The number of hydrogen-bond donors (Lipinski definition) is 0. The number of hydrogen-bond acceptors (Lipinski definition) is 6. The van der Waals surface area contributed by atoms with Crippen LogP contribution in [0.5, 0.6) is 0 Å².